The third-order valence-electron chi connectivity index (χ3n) is 4.59. The lowest BCUT2D eigenvalue weighted by Gasteiger charge is -2.14. The lowest BCUT2D eigenvalue weighted by atomic mass is 10.0. The standard InChI is InChI=1S/C20H25N2.BF4/c1-15-12-16(2)20(17(3)13-15)22-11-10-21(14-22)18(4)19-8-6-5-7-9-19;2-1(3,4)5/h5-9,12-14,18H,10-11H2,1-4H3;/q+1;-1/t18-;/m1./s1. The maximum Gasteiger partial charge on any atom is 0.673 e. The second kappa shape index (κ2) is 8.59. The van der Waals surface area contributed by atoms with Gasteiger partial charge in [-0.2, -0.15) is 0 Å². The Bertz CT molecular complexity index is 774. The third kappa shape index (κ3) is 6.12. The fourth-order valence-corrected chi connectivity index (χ4v) is 3.53. The quantitative estimate of drug-likeness (QED) is 0.385. The predicted octanol–water partition coefficient (Wildman–Crippen LogP) is 5.53. The van der Waals surface area contributed by atoms with E-state index in [0.29, 0.717) is 6.04 Å². The zero-order valence-electron chi connectivity index (χ0n) is 16.1. The van der Waals surface area contributed by atoms with Crippen molar-refractivity contribution in [2.24, 2.45) is 0 Å². The lowest BCUT2D eigenvalue weighted by Crippen LogP contribution is -2.20. The van der Waals surface area contributed by atoms with Gasteiger partial charge >= 0.3 is 7.25 Å². The summed E-state index contributed by atoms with van der Waals surface area (Å²) in [6.45, 7) is 11.0. The Labute approximate surface area is 158 Å². The molecule has 146 valence electrons. The summed E-state index contributed by atoms with van der Waals surface area (Å²) in [4.78, 5) is 2.41. The number of halogens is 4. The van der Waals surface area contributed by atoms with Crippen LogP contribution in [0.25, 0.3) is 0 Å². The number of nitrogens with zero attached hydrogens (tertiary/aromatic N) is 2. The van der Waals surface area contributed by atoms with Crippen LogP contribution in [0.3, 0.4) is 0 Å². The number of benzene rings is 2. The molecule has 0 spiro atoms. The molecule has 0 radical (unpaired) electrons. The molecule has 0 N–H and O–H groups in total. The smallest absolute Gasteiger partial charge is 0.418 e. The Balaban J connectivity index is 0.000000465. The van der Waals surface area contributed by atoms with Gasteiger partial charge in [0, 0.05) is 0 Å². The Morgan fingerprint density at radius 3 is 2.00 bits per heavy atom. The summed E-state index contributed by atoms with van der Waals surface area (Å²) < 4.78 is 41.4. The van der Waals surface area contributed by atoms with Crippen LogP contribution in [0, 0.1) is 20.8 Å². The van der Waals surface area contributed by atoms with Gasteiger partial charge in [0.15, 0.2) is 0 Å². The van der Waals surface area contributed by atoms with Crippen molar-refractivity contribution in [2.75, 3.05) is 18.0 Å². The monoisotopic (exact) mass is 380 g/mol. The van der Waals surface area contributed by atoms with E-state index in [2.05, 4.69) is 86.0 Å². The molecule has 2 nitrogen and oxygen atoms in total. The average molecular weight is 380 g/mol. The minimum Gasteiger partial charge on any atom is -0.418 e. The molecule has 0 saturated heterocycles. The summed E-state index contributed by atoms with van der Waals surface area (Å²) in [7, 11) is -6.00. The lowest BCUT2D eigenvalue weighted by molar-refractivity contribution is -0.555. The topological polar surface area (TPSA) is 6.25 Å². The van der Waals surface area contributed by atoms with Crippen LogP contribution in [0.2, 0.25) is 0 Å². The molecule has 0 aromatic heterocycles. The van der Waals surface area contributed by atoms with Gasteiger partial charge in [-0.25, -0.2) is 4.90 Å². The fourth-order valence-electron chi connectivity index (χ4n) is 3.53. The zero-order chi connectivity index (χ0) is 20.2. The molecule has 0 bridgehead atoms. The summed E-state index contributed by atoms with van der Waals surface area (Å²) >= 11 is 0. The number of hydrogen-bond donors (Lipinski definition) is 0. The van der Waals surface area contributed by atoms with E-state index in [1.54, 1.807) is 0 Å². The van der Waals surface area contributed by atoms with E-state index in [1.165, 1.54) is 27.9 Å². The summed E-state index contributed by atoms with van der Waals surface area (Å²) in [5, 5.41) is 0. The van der Waals surface area contributed by atoms with Crippen LogP contribution in [-0.4, -0.2) is 31.3 Å². The molecule has 1 aliphatic rings. The van der Waals surface area contributed by atoms with Gasteiger partial charge in [-0.3, -0.25) is 4.58 Å². The Morgan fingerprint density at radius 2 is 1.48 bits per heavy atom. The highest BCUT2D eigenvalue weighted by atomic mass is 19.5. The van der Waals surface area contributed by atoms with Gasteiger partial charge in [-0.15, -0.1) is 0 Å². The molecule has 0 aliphatic carbocycles. The van der Waals surface area contributed by atoms with Crippen LogP contribution < -0.4 is 4.90 Å². The van der Waals surface area contributed by atoms with Crippen LogP contribution in [0.1, 0.15) is 35.2 Å². The highest BCUT2D eigenvalue weighted by Gasteiger charge is 2.27. The van der Waals surface area contributed by atoms with Crippen molar-refractivity contribution in [1.82, 2.24) is 0 Å². The Morgan fingerprint density at radius 1 is 0.963 bits per heavy atom. The van der Waals surface area contributed by atoms with Crippen molar-refractivity contribution in [2.45, 2.75) is 33.7 Å². The summed E-state index contributed by atoms with van der Waals surface area (Å²) in [5.74, 6) is 0. The second-order valence-electron chi connectivity index (χ2n) is 6.88. The van der Waals surface area contributed by atoms with E-state index >= 15 is 0 Å². The van der Waals surface area contributed by atoms with Gasteiger partial charge in [0.05, 0.1) is 0 Å². The first-order valence-corrected chi connectivity index (χ1v) is 8.93. The minimum atomic E-state index is -6.00. The molecule has 0 saturated carbocycles. The fraction of sp³-hybridized carbons (Fsp3) is 0.350. The van der Waals surface area contributed by atoms with Gasteiger partial charge in [0.2, 0.25) is 6.34 Å². The average Bonchev–Trinajstić information content (AvgIpc) is 3.02. The molecule has 1 heterocycles. The molecule has 0 fully saturated rings. The van der Waals surface area contributed by atoms with Crippen LogP contribution in [-0.2, 0) is 0 Å². The summed E-state index contributed by atoms with van der Waals surface area (Å²) in [6, 6.07) is 15.7. The van der Waals surface area contributed by atoms with Crippen LogP contribution in [0.4, 0.5) is 23.0 Å². The van der Waals surface area contributed by atoms with E-state index in [1.807, 2.05) is 0 Å². The van der Waals surface area contributed by atoms with Crippen molar-refractivity contribution in [3.05, 3.63) is 64.7 Å². The number of rotatable bonds is 3. The zero-order valence-corrected chi connectivity index (χ0v) is 16.1. The van der Waals surface area contributed by atoms with Crippen molar-refractivity contribution in [1.29, 1.82) is 0 Å². The molecular formula is C20H25BF4N2. The van der Waals surface area contributed by atoms with Crippen LogP contribution in [0.15, 0.2) is 42.5 Å². The van der Waals surface area contributed by atoms with Gasteiger partial charge in [-0.05, 0) is 44.4 Å². The summed E-state index contributed by atoms with van der Waals surface area (Å²) in [6.07, 6.45) is 2.29. The maximum atomic E-state index is 9.75. The van der Waals surface area contributed by atoms with Gasteiger partial charge in [0.1, 0.15) is 24.8 Å². The molecule has 7 heteroatoms. The van der Waals surface area contributed by atoms with E-state index in [-0.39, 0.29) is 0 Å². The molecule has 2 aromatic rings. The highest BCUT2D eigenvalue weighted by molar-refractivity contribution is 6.50. The molecule has 3 rings (SSSR count). The first kappa shape index (κ1) is 21.0. The van der Waals surface area contributed by atoms with Crippen molar-refractivity contribution < 1.29 is 21.8 Å². The normalized spacial score (nSPS) is 15.1. The van der Waals surface area contributed by atoms with Crippen molar-refractivity contribution in [3.8, 4) is 0 Å². The minimum absolute atomic E-state index is 0.414. The molecule has 2 aromatic carbocycles. The number of aryl methyl sites for hydroxylation is 3. The summed E-state index contributed by atoms with van der Waals surface area (Å²) in [5.41, 5.74) is 6.81. The third-order valence-corrected chi connectivity index (χ3v) is 4.59. The number of hydrogen-bond acceptors (Lipinski definition) is 1. The first-order chi connectivity index (χ1) is 12.6. The Hall–Kier alpha value is -2.31. The van der Waals surface area contributed by atoms with Crippen molar-refractivity contribution in [3.63, 3.8) is 0 Å². The first-order valence-electron chi connectivity index (χ1n) is 8.93. The van der Waals surface area contributed by atoms with E-state index in [9.17, 15) is 17.3 Å². The predicted molar refractivity (Wildman–Crippen MR) is 104 cm³/mol. The SMILES string of the molecule is Cc1cc(C)c(N2C=[N+]([C@H](C)c3ccccc3)CC2)c(C)c1.F[B-](F)(F)F. The highest BCUT2D eigenvalue weighted by Crippen LogP contribution is 2.27. The Kier molecular flexibility index (Phi) is 6.68. The molecule has 0 amide bonds. The van der Waals surface area contributed by atoms with Crippen molar-refractivity contribution >= 4 is 19.3 Å². The maximum absolute atomic E-state index is 9.75. The second-order valence-corrected chi connectivity index (χ2v) is 6.88. The molecular weight excluding hydrogens is 355 g/mol. The van der Waals surface area contributed by atoms with E-state index in [0.717, 1.165) is 13.1 Å². The van der Waals surface area contributed by atoms with Gasteiger partial charge < -0.3 is 17.3 Å². The van der Waals surface area contributed by atoms with Crippen LogP contribution in [0.5, 0.6) is 0 Å². The van der Waals surface area contributed by atoms with Gasteiger partial charge in [-0.1, -0.05) is 48.0 Å². The number of anilines is 1. The molecule has 1 aliphatic heterocycles. The molecule has 0 unspecified atom stereocenters. The van der Waals surface area contributed by atoms with Gasteiger partial charge in [0.25, 0.3) is 0 Å². The van der Waals surface area contributed by atoms with E-state index < -0.39 is 7.25 Å². The van der Waals surface area contributed by atoms with Crippen LogP contribution >= 0.6 is 0 Å². The molecule has 1 atom stereocenters. The van der Waals surface area contributed by atoms with E-state index in [4.69, 9.17) is 0 Å². The molecule has 27 heavy (non-hydrogen) atoms. The largest absolute Gasteiger partial charge is 0.673 e.